The number of nitrogens with zero attached hydrogens (tertiary/aromatic N) is 1. The third kappa shape index (κ3) is 2.19. The summed E-state index contributed by atoms with van der Waals surface area (Å²) in [6.07, 6.45) is -2.99. The van der Waals surface area contributed by atoms with E-state index in [0.29, 0.717) is 22.7 Å². The molecule has 0 saturated heterocycles. The van der Waals surface area contributed by atoms with E-state index in [4.69, 9.17) is 4.74 Å². The fourth-order valence-corrected chi connectivity index (χ4v) is 1.83. The van der Waals surface area contributed by atoms with E-state index in [1.54, 1.807) is 24.3 Å². The second-order valence-corrected chi connectivity index (χ2v) is 4.08. The van der Waals surface area contributed by atoms with Crippen molar-refractivity contribution in [2.75, 3.05) is 0 Å². The highest BCUT2D eigenvalue weighted by atomic mass is 19.4. The van der Waals surface area contributed by atoms with Gasteiger partial charge in [-0.25, -0.2) is 0 Å². The third-order valence-corrected chi connectivity index (χ3v) is 2.77. The van der Waals surface area contributed by atoms with E-state index in [0.717, 1.165) is 12.1 Å². The van der Waals surface area contributed by atoms with Crippen LogP contribution in [0.4, 0.5) is 18.9 Å². The Morgan fingerprint density at radius 3 is 2.53 bits per heavy atom. The molecule has 2 nitrogen and oxygen atoms in total. The van der Waals surface area contributed by atoms with Crippen molar-refractivity contribution in [1.29, 1.82) is 0 Å². The Labute approximate surface area is 107 Å². The van der Waals surface area contributed by atoms with Crippen LogP contribution in [0.5, 0.6) is 11.5 Å². The van der Waals surface area contributed by atoms with E-state index in [-0.39, 0.29) is 0 Å². The Morgan fingerprint density at radius 2 is 1.74 bits per heavy atom. The van der Waals surface area contributed by atoms with Gasteiger partial charge in [-0.2, -0.15) is 13.2 Å². The van der Waals surface area contributed by atoms with Gasteiger partial charge in [0.2, 0.25) is 0 Å². The van der Waals surface area contributed by atoms with E-state index in [1.165, 1.54) is 12.3 Å². The van der Waals surface area contributed by atoms with Crippen molar-refractivity contribution in [3.63, 3.8) is 0 Å². The Kier molecular flexibility index (Phi) is 2.55. The van der Waals surface area contributed by atoms with Crippen molar-refractivity contribution in [3.05, 3.63) is 53.6 Å². The summed E-state index contributed by atoms with van der Waals surface area (Å²) < 4.78 is 43.5. The van der Waals surface area contributed by atoms with Gasteiger partial charge in [0.15, 0.2) is 5.75 Å². The zero-order valence-electron chi connectivity index (χ0n) is 9.61. The van der Waals surface area contributed by atoms with Crippen LogP contribution in [0.25, 0.3) is 0 Å². The van der Waals surface area contributed by atoms with Crippen LogP contribution in [0.15, 0.2) is 47.5 Å². The van der Waals surface area contributed by atoms with Crippen LogP contribution < -0.4 is 4.74 Å². The molecule has 0 radical (unpaired) electrons. The lowest BCUT2D eigenvalue weighted by Gasteiger charge is -2.10. The van der Waals surface area contributed by atoms with E-state index in [1.807, 2.05) is 0 Å². The third-order valence-electron chi connectivity index (χ3n) is 2.77. The molecule has 2 aromatic carbocycles. The van der Waals surface area contributed by atoms with Gasteiger partial charge < -0.3 is 4.74 Å². The number of rotatable bonds is 0. The molecule has 5 heteroatoms. The average Bonchev–Trinajstić information content (AvgIpc) is 2.55. The maximum absolute atomic E-state index is 12.6. The second-order valence-electron chi connectivity index (χ2n) is 4.08. The number of hydrogen-bond donors (Lipinski definition) is 0. The van der Waals surface area contributed by atoms with Crippen molar-refractivity contribution >= 4 is 11.9 Å². The first kappa shape index (κ1) is 11.8. The summed E-state index contributed by atoms with van der Waals surface area (Å²) in [5.41, 5.74) is 0.186. The Morgan fingerprint density at radius 1 is 0.947 bits per heavy atom. The number of ether oxygens (including phenoxy) is 1. The van der Waals surface area contributed by atoms with Gasteiger partial charge in [0.1, 0.15) is 11.4 Å². The minimum Gasteiger partial charge on any atom is -0.454 e. The lowest BCUT2D eigenvalue weighted by atomic mass is 10.1. The molecule has 1 aliphatic heterocycles. The first-order valence-electron chi connectivity index (χ1n) is 5.56. The Bertz CT molecular complexity index is 662. The second kappa shape index (κ2) is 4.12. The molecule has 0 amide bonds. The number of benzene rings is 2. The Balaban J connectivity index is 2.09. The highest BCUT2D eigenvalue weighted by Crippen LogP contribution is 2.38. The van der Waals surface area contributed by atoms with Gasteiger partial charge in [0.25, 0.3) is 0 Å². The van der Waals surface area contributed by atoms with Crippen LogP contribution in [-0.4, -0.2) is 6.21 Å². The van der Waals surface area contributed by atoms with E-state index >= 15 is 0 Å². The molecule has 0 unspecified atom stereocenters. The lowest BCUT2D eigenvalue weighted by Crippen LogP contribution is -2.05. The number of aliphatic imine (C=N–C) groups is 1. The zero-order valence-corrected chi connectivity index (χ0v) is 9.61. The first-order valence-corrected chi connectivity index (χ1v) is 5.56. The van der Waals surface area contributed by atoms with E-state index < -0.39 is 11.7 Å². The monoisotopic (exact) mass is 263 g/mol. The normalized spacial score (nSPS) is 13.2. The molecule has 0 fully saturated rings. The molecule has 2 aromatic rings. The first-order chi connectivity index (χ1) is 9.04. The molecule has 0 N–H and O–H groups in total. The van der Waals surface area contributed by atoms with Crippen molar-refractivity contribution in [3.8, 4) is 11.5 Å². The summed E-state index contributed by atoms with van der Waals surface area (Å²) in [7, 11) is 0. The lowest BCUT2D eigenvalue weighted by molar-refractivity contribution is -0.137. The van der Waals surface area contributed by atoms with Gasteiger partial charge >= 0.3 is 6.18 Å². The standard InChI is InChI=1S/C14H8F3NO/c15-14(16,17)10-5-6-12-9(7-10)8-18-11-3-1-2-4-13(11)19-12/h1-8H. The minimum atomic E-state index is -4.37. The molecule has 19 heavy (non-hydrogen) atoms. The minimum absolute atomic E-state index is 0.311. The SMILES string of the molecule is FC(F)(F)c1ccc2c(c1)C=Nc1ccccc1O2. The highest BCUT2D eigenvalue weighted by molar-refractivity contribution is 5.88. The number of alkyl halides is 3. The van der Waals surface area contributed by atoms with Gasteiger partial charge in [0, 0.05) is 11.8 Å². The molecular formula is C14H8F3NO. The molecule has 3 rings (SSSR count). The number of halogens is 3. The van der Waals surface area contributed by atoms with Gasteiger partial charge in [-0.1, -0.05) is 12.1 Å². The summed E-state index contributed by atoms with van der Waals surface area (Å²) in [6, 6.07) is 10.4. The fraction of sp³-hybridized carbons (Fsp3) is 0.0714. The zero-order chi connectivity index (χ0) is 13.5. The molecule has 1 aliphatic rings. The molecule has 1 heterocycles. The molecule has 96 valence electrons. The summed E-state index contributed by atoms with van der Waals surface area (Å²) >= 11 is 0. The molecule has 0 saturated carbocycles. The summed E-state index contributed by atoms with van der Waals surface area (Å²) in [5.74, 6) is 0.888. The van der Waals surface area contributed by atoms with Gasteiger partial charge in [0.05, 0.1) is 5.56 Å². The summed E-state index contributed by atoms with van der Waals surface area (Å²) in [4.78, 5) is 4.13. The average molecular weight is 263 g/mol. The topological polar surface area (TPSA) is 21.6 Å². The Hall–Kier alpha value is -2.30. The van der Waals surface area contributed by atoms with Crippen LogP contribution in [0.2, 0.25) is 0 Å². The van der Waals surface area contributed by atoms with Crippen molar-refractivity contribution in [2.45, 2.75) is 6.18 Å². The van der Waals surface area contributed by atoms with Crippen LogP contribution in [0, 0.1) is 0 Å². The quantitative estimate of drug-likeness (QED) is 0.582. The number of hydrogen-bond acceptors (Lipinski definition) is 2. The largest absolute Gasteiger partial charge is 0.454 e. The number of fused-ring (bicyclic) bond motifs is 2. The van der Waals surface area contributed by atoms with Crippen LogP contribution in [0.1, 0.15) is 11.1 Å². The predicted molar refractivity (Wildman–Crippen MR) is 65.2 cm³/mol. The van der Waals surface area contributed by atoms with Gasteiger partial charge in [-0.15, -0.1) is 0 Å². The fourth-order valence-electron chi connectivity index (χ4n) is 1.83. The molecule has 0 atom stereocenters. The molecule has 0 aliphatic carbocycles. The molecule has 0 bridgehead atoms. The summed E-state index contributed by atoms with van der Waals surface area (Å²) in [5, 5.41) is 0. The maximum atomic E-state index is 12.6. The van der Waals surface area contributed by atoms with Crippen molar-refractivity contribution in [2.24, 2.45) is 4.99 Å². The van der Waals surface area contributed by atoms with Crippen molar-refractivity contribution < 1.29 is 17.9 Å². The van der Waals surface area contributed by atoms with E-state index in [2.05, 4.69) is 4.99 Å². The number of para-hydroxylation sites is 2. The smallest absolute Gasteiger partial charge is 0.416 e. The molecule has 0 spiro atoms. The van der Waals surface area contributed by atoms with Crippen LogP contribution in [-0.2, 0) is 6.18 Å². The predicted octanol–water partition coefficient (Wildman–Crippen LogP) is 4.56. The van der Waals surface area contributed by atoms with Crippen LogP contribution in [0.3, 0.4) is 0 Å². The highest BCUT2D eigenvalue weighted by Gasteiger charge is 2.31. The van der Waals surface area contributed by atoms with E-state index in [9.17, 15) is 13.2 Å². The van der Waals surface area contributed by atoms with Gasteiger partial charge in [-0.3, -0.25) is 4.99 Å². The maximum Gasteiger partial charge on any atom is 0.416 e. The molecule has 0 aromatic heterocycles. The van der Waals surface area contributed by atoms with Crippen LogP contribution >= 0.6 is 0 Å². The molecular weight excluding hydrogens is 255 g/mol. The van der Waals surface area contributed by atoms with Crippen molar-refractivity contribution in [1.82, 2.24) is 0 Å². The summed E-state index contributed by atoms with van der Waals surface area (Å²) in [6.45, 7) is 0. The van der Waals surface area contributed by atoms with Gasteiger partial charge in [-0.05, 0) is 30.3 Å².